The summed E-state index contributed by atoms with van der Waals surface area (Å²) >= 11 is 0. The Morgan fingerprint density at radius 3 is 2.41 bits per heavy atom. The zero-order valence-electron chi connectivity index (χ0n) is 14.5. The molecule has 27 heavy (non-hydrogen) atoms. The van der Waals surface area contributed by atoms with Crippen molar-refractivity contribution in [3.63, 3.8) is 0 Å². The van der Waals surface area contributed by atoms with E-state index >= 15 is 0 Å². The summed E-state index contributed by atoms with van der Waals surface area (Å²) in [5, 5.41) is 18.2. The Labute approximate surface area is 155 Å². The largest absolute Gasteiger partial charge is 0.392 e. The molecule has 0 unspecified atom stereocenters. The molecule has 2 N–H and O–H groups in total. The summed E-state index contributed by atoms with van der Waals surface area (Å²) in [6.45, 7) is -0.00906. The maximum absolute atomic E-state index is 11.2. The Morgan fingerprint density at radius 1 is 1.00 bits per heavy atom. The van der Waals surface area contributed by atoms with Crippen molar-refractivity contribution in [2.24, 2.45) is 0 Å². The highest BCUT2D eigenvalue weighted by Crippen LogP contribution is 2.32. The van der Waals surface area contributed by atoms with E-state index in [-0.39, 0.29) is 12.1 Å². The third-order valence-electron chi connectivity index (χ3n) is 4.57. The van der Waals surface area contributed by atoms with Gasteiger partial charge in [0.25, 0.3) is 0 Å². The lowest BCUT2D eigenvalue weighted by Crippen LogP contribution is -2.19. The van der Waals surface area contributed by atoms with Crippen LogP contribution in [0.2, 0.25) is 0 Å². The number of benzene rings is 2. The molecule has 5 heteroatoms. The van der Waals surface area contributed by atoms with Crippen LogP contribution in [0.3, 0.4) is 0 Å². The van der Waals surface area contributed by atoms with Crippen LogP contribution in [-0.4, -0.2) is 21.1 Å². The van der Waals surface area contributed by atoms with Gasteiger partial charge in [0.15, 0.2) is 0 Å². The molecule has 4 aromatic rings. The van der Waals surface area contributed by atoms with Gasteiger partial charge in [0.1, 0.15) is 5.49 Å². The van der Waals surface area contributed by atoms with E-state index in [1.807, 2.05) is 60.7 Å². The topological polar surface area (TPSA) is 79.0 Å². The lowest BCUT2D eigenvalue weighted by atomic mass is 9.97. The van der Waals surface area contributed by atoms with Gasteiger partial charge < -0.3 is 5.11 Å². The number of carbonyl (C=O) groups is 1. The van der Waals surface area contributed by atoms with Gasteiger partial charge in [-0.05, 0) is 23.3 Å². The van der Waals surface area contributed by atoms with Crippen LogP contribution in [0.1, 0.15) is 5.56 Å². The first kappa shape index (κ1) is 16.9. The van der Waals surface area contributed by atoms with Crippen molar-refractivity contribution in [2.75, 3.05) is 0 Å². The normalized spacial score (nSPS) is 10.9. The van der Waals surface area contributed by atoms with Crippen LogP contribution in [0, 0.1) is 5.41 Å². The van der Waals surface area contributed by atoms with Crippen molar-refractivity contribution in [3.8, 4) is 22.4 Å². The van der Waals surface area contributed by atoms with E-state index in [0.717, 1.165) is 27.9 Å². The molecule has 0 spiro atoms. The predicted molar refractivity (Wildman–Crippen MR) is 105 cm³/mol. The first-order valence-corrected chi connectivity index (χ1v) is 8.52. The fourth-order valence-corrected chi connectivity index (χ4v) is 3.12. The molecule has 2 aromatic carbocycles. The third kappa shape index (κ3) is 3.05. The molecule has 0 amide bonds. The van der Waals surface area contributed by atoms with Crippen LogP contribution in [-0.2, 0) is 11.4 Å². The SMILES string of the molecule is N=c1c2cc(-c3ccccc3)c(-c3ccc(CO)cc3)nc2ccn1C=O. The third-order valence-corrected chi connectivity index (χ3v) is 4.57. The fourth-order valence-electron chi connectivity index (χ4n) is 3.12. The van der Waals surface area contributed by atoms with Gasteiger partial charge in [-0.25, -0.2) is 4.98 Å². The van der Waals surface area contributed by atoms with Crippen molar-refractivity contribution < 1.29 is 9.90 Å². The number of rotatable bonds is 4. The van der Waals surface area contributed by atoms with Crippen molar-refractivity contribution in [1.29, 1.82) is 5.41 Å². The minimum absolute atomic E-state index is 0.00906. The zero-order chi connectivity index (χ0) is 18.8. The number of carbonyl (C=O) groups excluding carboxylic acids is 1. The summed E-state index contributed by atoms with van der Waals surface area (Å²) in [5.41, 5.74) is 5.17. The van der Waals surface area contributed by atoms with Crippen LogP contribution in [0.5, 0.6) is 0 Å². The Morgan fingerprint density at radius 2 is 1.74 bits per heavy atom. The minimum Gasteiger partial charge on any atom is -0.392 e. The molecule has 0 aliphatic carbocycles. The van der Waals surface area contributed by atoms with E-state index in [1.165, 1.54) is 4.57 Å². The molecule has 0 fully saturated rings. The van der Waals surface area contributed by atoms with Gasteiger partial charge in [0, 0.05) is 22.7 Å². The number of aliphatic hydroxyl groups excluding tert-OH is 1. The highest BCUT2D eigenvalue weighted by molar-refractivity contribution is 5.91. The monoisotopic (exact) mass is 355 g/mol. The first-order chi connectivity index (χ1) is 13.2. The second-order valence-corrected chi connectivity index (χ2v) is 6.22. The first-order valence-electron chi connectivity index (χ1n) is 8.52. The molecule has 0 atom stereocenters. The van der Waals surface area contributed by atoms with Crippen LogP contribution >= 0.6 is 0 Å². The number of nitrogens with zero attached hydrogens (tertiary/aromatic N) is 2. The molecule has 0 saturated carbocycles. The number of pyridine rings is 2. The van der Waals surface area contributed by atoms with Crippen LogP contribution in [0.25, 0.3) is 33.3 Å². The molecule has 4 rings (SSSR count). The Hall–Kier alpha value is -3.57. The van der Waals surface area contributed by atoms with Crippen molar-refractivity contribution in [2.45, 2.75) is 6.61 Å². The predicted octanol–water partition coefficient (Wildman–Crippen LogP) is 3.38. The molecule has 0 aliphatic heterocycles. The van der Waals surface area contributed by atoms with Gasteiger partial charge in [-0.1, -0.05) is 54.6 Å². The quantitative estimate of drug-likeness (QED) is 0.551. The summed E-state index contributed by atoms with van der Waals surface area (Å²) < 4.78 is 1.23. The van der Waals surface area contributed by atoms with Gasteiger partial charge >= 0.3 is 0 Å². The highest BCUT2D eigenvalue weighted by Gasteiger charge is 2.13. The molecular formula is C22H17N3O2. The number of aliphatic hydroxyl groups is 1. The molecule has 0 bridgehead atoms. The van der Waals surface area contributed by atoms with Crippen LogP contribution < -0.4 is 5.49 Å². The Kier molecular flexibility index (Phi) is 4.36. The van der Waals surface area contributed by atoms with Gasteiger partial charge in [0.2, 0.25) is 6.41 Å². The molecule has 2 heterocycles. The lowest BCUT2D eigenvalue weighted by molar-refractivity contribution is 0.282. The zero-order valence-corrected chi connectivity index (χ0v) is 14.5. The number of fused-ring (bicyclic) bond motifs is 1. The number of hydrogen-bond donors (Lipinski definition) is 2. The number of aromatic nitrogens is 2. The Balaban J connectivity index is 2.03. The fraction of sp³-hybridized carbons (Fsp3) is 0.0455. The van der Waals surface area contributed by atoms with Crippen LogP contribution in [0.15, 0.2) is 72.9 Å². The smallest absolute Gasteiger partial charge is 0.219 e. The minimum atomic E-state index is -0.00906. The van der Waals surface area contributed by atoms with E-state index in [0.29, 0.717) is 17.3 Å². The summed E-state index contributed by atoms with van der Waals surface area (Å²) in [4.78, 5) is 16.0. The van der Waals surface area contributed by atoms with Gasteiger partial charge in [-0.15, -0.1) is 0 Å². The van der Waals surface area contributed by atoms with E-state index in [2.05, 4.69) is 0 Å². The summed E-state index contributed by atoms with van der Waals surface area (Å²) in [6, 6.07) is 21.1. The molecular weight excluding hydrogens is 338 g/mol. The molecule has 2 aromatic heterocycles. The summed E-state index contributed by atoms with van der Waals surface area (Å²) in [5.74, 6) is 0. The lowest BCUT2D eigenvalue weighted by Gasteiger charge is -2.12. The second kappa shape index (κ2) is 6.97. The van der Waals surface area contributed by atoms with E-state index in [9.17, 15) is 9.90 Å². The highest BCUT2D eigenvalue weighted by atomic mass is 16.3. The number of nitrogens with one attached hydrogen (secondary N) is 1. The Bertz CT molecular complexity index is 1180. The number of hydrogen-bond acceptors (Lipinski definition) is 4. The molecule has 0 saturated heterocycles. The maximum Gasteiger partial charge on any atom is 0.219 e. The molecule has 132 valence electrons. The molecule has 0 radical (unpaired) electrons. The van der Waals surface area contributed by atoms with Crippen molar-refractivity contribution in [1.82, 2.24) is 9.55 Å². The summed E-state index contributed by atoms with van der Waals surface area (Å²) in [7, 11) is 0. The molecule has 0 aliphatic rings. The molecule has 5 nitrogen and oxygen atoms in total. The van der Waals surface area contributed by atoms with E-state index in [4.69, 9.17) is 10.4 Å². The van der Waals surface area contributed by atoms with E-state index < -0.39 is 0 Å². The van der Waals surface area contributed by atoms with E-state index in [1.54, 1.807) is 12.3 Å². The summed E-state index contributed by atoms with van der Waals surface area (Å²) in [6.07, 6.45) is 2.16. The maximum atomic E-state index is 11.2. The van der Waals surface area contributed by atoms with Crippen LogP contribution in [0.4, 0.5) is 0 Å². The average molecular weight is 355 g/mol. The van der Waals surface area contributed by atoms with Gasteiger partial charge in [-0.3, -0.25) is 14.8 Å². The second-order valence-electron chi connectivity index (χ2n) is 6.22. The standard InChI is InChI=1S/C22H17N3O2/c23-22-19-12-18(16-4-2-1-3-5-16)21(17-8-6-15(13-26)7-9-17)24-20(19)10-11-25(22)14-27/h1-12,14,23,26H,13H2. The average Bonchev–Trinajstić information content (AvgIpc) is 2.74. The van der Waals surface area contributed by atoms with Crippen molar-refractivity contribution >= 4 is 17.3 Å². The van der Waals surface area contributed by atoms with Gasteiger partial charge in [0.05, 0.1) is 17.8 Å². The van der Waals surface area contributed by atoms with Crippen molar-refractivity contribution in [3.05, 3.63) is 84.0 Å². The van der Waals surface area contributed by atoms with Gasteiger partial charge in [-0.2, -0.15) is 0 Å².